The van der Waals surface area contributed by atoms with E-state index in [1.54, 1.807) is 12.1 Å². The van der Waals surface area contributed by atoms with Crippen LogP contribution in [-0.4, -0.2) is 31.5 Å². The van der Waals surface area contributed by atoms with E-state index in [0.717, 1.165) is 13.1 Å². The molecule has 15 heavy (non-hydrogen) atoms. The lowest BCUT2D eigenvalue weighted by Gasteiger charge is -2.23. The average Bonchev–Trinajstić information content (AvgIpc) is 2.30. The third kappa shape index (κ3) is 2.37. The molecule has 2 N–H and O–H groups in total. The number of hydrogen-bond donors (Lipinski definition) is 2. The number of carbonyl (C=O) groups is 1. The molecule has 4 heteroatoms. The smallest absolute Gasteiger partial charge is 0.182 e. The Hall–Kier alpha value is -0.900. The lowest BCUT2D eigenvalue weighted by atomic mass is 10.0. The SMILES string of the molecule is O=C(c1ccccc1Cl)C1CNCCN1. The highest BCUT2D eigenvalue weighted by Crippen LogP contribution is 2.16. The van der Waals surface area contributed by atoms with Crippen molar-refractivity contribution >= 4 is 17.4 Å². The molecule has 0 aromatic heterocycles. The third-order valence-electron chi connectivity index (χ3n) is 2.50. The van der Waals surface area contributed by atoms with Crippen molar-refractivity contribution in [3.05, 3.63) is 34.9 Å². The van der Waals surface area contributed by atoms with E-state index < -0.39 is 0 Å². The molecule has 0 bridgehead atoms. The molecule has 1 unspecified atom stereocenters. The van der Waals surface area contributed by atoms with Crippen LogP contribution < -0.4 is 10.6 Å². The Kier molecular flexibility index (Phi) is 3.36. The van der Waals surface area contributed by atoms with Crippen molar-refractivity contribution in [2.75, 3.05) is 19.6 Å². The molecule has 1 fully saturated rings. The highest BCUT2D eigenvalue weighted by Gasteiger charge is 2.22. The lowest BCUT2D eigenvalue weighted by Crippen LogP contribution is -2.52. The fourth-order valence-electron chi connectivity index (χ4n) is 1.69. The van der Waals surface area contributed by atoms with E-state index in [2.05, 4.69) is 10.6 Å². The molecule has 1 aromatic carbocycles. The molecule has 1 heterocycles. The normalized spacial score (nSPS) is 21.3. The van der Waals surface area contributed by atoms with Gasteiger partial charge in [-0.05, 0) is 12.1 Å². The number of rotatable bonds is 2. The Balaban J connectivity index is 2.16. The lowest BCUT2D eigenvalue weighted by molar-refractivity contribution is 0.0934. The summed E-state index contributed by atoms with van der Waals surface area (Å²) < 4.78 is 0. The summed E-state index contributed by atoms with van der Waals surface area (Å²) >= 11 is 5.97. The molecule has 0 aliphatic carbocycles. The number of carbonyl (C=O) groups excluding carboxylic acids is 1. The highest BCUT2D eigenvalue weighted by molar-refractivity contribution is 6.34. The molecule has 0 spiro atoms. The van der Waals surface area contributed by atoms with Gasteiger partial charge in [-0.15, -0.1) is 0 Å². The van der Waals surface area contributed by atoms with Gasteiger partial charge in [-0.1, -0.05) is 23.7 Å². The van der Waals surface area contributed by atoms with Gasteiger partial charge < -0.3 is 10.6 Å². The maximum absolute atomic E-state index is 12.0. The molecular weight excluding hydrogens is 212 g/mol. The first-order valence-corrected chi connectivity index (χ1v) is 5.39. The van der Waals surface area contributed by atoms with Crippen LogP contribution in [0.15, 0.2) is 24.3 Å². The summed E-state index contributed by atoms with van der Waals surface area (Å²) in [5.41, 5.74) is 0.598. The van der Waals surface area contributed by atoms with Gasteiger partial charge in [-0.2, -0.15) is 0 Å². The molecule has 80 valence electrons. The fourth-order valence-corrected chi connectivity index (χ4v) is 1.92. The first-order valence-electron chi connectivity index (χ1n) is 5.02. The van der Waals surface area contributed by atoms with Crippen molar-refractivity contribution < 1.29 is 4.79 Å². The topological polar surface area (TPSA) is 41.1 Å². The highest BCUT2D eigenvalue weighted by atomic mass is 35.5. The third-order valence-corrected chi connectivity index (χ3v) is 2.83. The van der Waals surface area contributed by atoms with Gasteiger partial charge in [0.25, 0.3) is 0 Å². The van der Waals surface area contributed by atoms with Crippen LogP contribution in [0, 0.1) is 0 Å². The van der Waals surface area contributed by atoms with Crippen LogP contribution in [-0.2, 0) is 0 Å². The van der Waals surface area contributed by atoms with Crippen molar-refractivity contribution in [1.82, 2.24) is 10.6 Å². The Bertz CT molecular complexity index is 361. The number of nitrogens with one attached hydrogen (secondary N) is 2. The van der Waals surface area contributed by atoms with Crippen molar-refractivity contribution in [3.63, 3.8) is 0 Å². The van der Waals surface area contributed by atoms with E-state index >= 15 is 0 Å². The Morgan fingerprint density at radius 3 is 2.80 bits per heavy atom. The molecule has 1 aliphatic heterocycles. The molecule has 1 saturated heterocycles. The summed E-state index contributed by atoms with van der Waals surface area (Å²) in [6, 6.07) is 7.01. The summed E-state index contributed by atoms with van der Waals surface area (Å²) in [7, 11) is 0. The molecule has 0 saturated carbocycles. The molecule has 0 radical (unpaired) electrons. The van der Waals surface area contributed by atoms with Gasteiger partial charge in [0, 0.05) is 25.2 Å². The minimum atomic E-state index is -0.154. The number of benzene rings is 1. The second-order valence-electron chi connectivity index (χ2n) is 3.55. The molecule has 3 nitrogen and oxygen atoms in total. The van der Waals surface area contributed by atoms with Crippen molar-refractivity contribution in [2.24, 2.45) is 0 Å². The van der Waals surface area contributed by atoms with E-state index in [1.807, 2.05) is 12.1 Å². The Morgan fingerprint density at radius 1 is 1.33 bits per heavy atom. The van der Waals surface area contributed by atoms with Gasteiger partial charge >= 0.3 is 0 Å². The van der Waals surface area contributed by atoms with E-state index in [-0.39, 0.29) is 11.8 Å². The molecule has 0 amide bonds. The molecule has 1 aliphatic rings. The van der Waals surface area contributed by atoms with Crippen LogP contribution in [0.2, 0.25) is 5.02 Å². The van der Waals surface area contributed by atoms with Crippen LogP contribution in [0.25, 0.3) is 0 Å². The van der Waals surface area contributed by atoms with E-state index in [1.165, 1.54) is 0 Å². The predicted molar refractivity (Wildman–Crippen MR) is 60.4 cm³/mol. The number of piperazine rings is 1. The first-order chi connectivity index (χ1) is 7.29. The average molecular weight is 225 g/mol. The predicted octanol–water partition coefficient (Wildman–Crippen LogP) is 1.08. The van der Waals surface area contributed by atoms with Crippen LogP contribution in [0.3, 0.4) is 0 Å². The van der Waals surface area contributed by atoms with Gasteiger partial charge in [0.2, 0.25) is 0 Å². The summed E-state index contributed by atoms with van der Waals surface area (Å²) in [4.78, 5) is 12.0. The Labute approximate surface area is 93.8 Å². The maximum Gasteiger partial charge on any atom is 0.182 e. The van der Waals surface area contributed by atoms with E-state index in [4.69, 9.17) is 11.6 Å². The number of ketones is 1. The fraction of sp³-hybridized carbons (Fsp3) is 0.364. The quantitative estimate of drug-likeness (QED) is 0.739. The molecule has 2 rings (SSSR count). The van der Waals surface area contributed by atoms with Gasteiger partial charge in [-0.3, -0.25) is 4.79 Å². The summed E-state index contributed by atoms with van der Waals surface area (Å²) in [6.07, 6.45) is 0. The molecular formula is C11H13ClN2O. The number of hydrogen-bond acceptors (Lipinski definition) is 3. The van der Waals surface area contributed by atoms with Crippen LogP contribution in [0.1, 0.15) is 10.4 Å². The zero-order valence-corrected chi connectivity index (χ0v) is 9.05. The maximum atomic E-state index is 12.0. The Morgan fingerprint density at radius 2 is 2.13 bits per heavy atom. The zero-order chi connectivity index (χ0) is 10.7. The zero-order valence-electron chi connectivity index (χ0n) is 8.29. The van der Waals surface area contributed by atoms with E-state index in [9.17, 15) is 4.79 Å². The van der Waals surface area contributed by atoms with E-state index in [0.29, 0.717) is 17.1 Å². The van der Waals surface area contributed by atoms with Crippen molar-refractivity contribution in [2.45, 2.75) is 6.04 Å². The van der Waals surface area contributed by atoms with Gasteiger partial charge in [0.15, 0.2) is 5.78 Å². The largest absolute Gasteiger partial charge is 0.313 e. The van der Waals surface area contributed by atoms with Crippen LogP contribution >= 0.6 is 11.6 Å². The van der Waals surface area contributed by atoms with Crippen LogP contribution in [0.4, 0.5) is 0 Å². The summed E-state index contributed by atoms with van der Waals surface area (Å²) in [5.74, 6) is 0.0628. The number of halogens is 1. The minimum Gasteiger partial charge on any atom is -0.313 e. The van der Waals surface area contributed by atoms with Gasteiger partial charge in [0.05, 0.1) is 11.1 Å². The second-order valence-corrected chi connectivity index (χ2v) is 3.96. The summed E-state index contributed by atoms with van der Waals surface area (Å²) in [5, 5.41) is 6.88. The molecule has 1 atom stereocenters. The van der Waals surface area contributed by atoms with Crippen LogP contribution in [0.5, 0.6) is 0 Å². The first kappa shape index (κ1) is 10.6. The molecule has 1 aromatic rings. The van der Waals surface area contributed by atoms with Gasteiger partial charge in [-0.25, -0.2) is 0 Å². The number of Topliss-reactive ketones (excluding diaryl/α,β-unsaturated/α-hetero) is 1. The summed E-state index contributed by atoms with van der Waals surface area (Å²) in [6.45, 7) is 2.40. The monoisotopic (exact) mass is 224 g/mol. The minimum absolute atomic E-state index is 0.0628. The van der Waals surface area contributed by atoms with Crippen molar-refractivity contribution in [3.8, 4) is 0 Å². The van der Waals surface area contributed by atoms with Gasteiger partial charge in [0.1, 0.15) is 0 Å². The van der Waals surface area contributed by atoms with Crippen molar-refractivity contribution in [1.29, 1.82) is 0 Å². The standard InChI is InChI=1S/C11H13ClN2O/c12-9-4-2-1-3-8(9)11(15)10-7-13-5-6-14-10/h1-4,10,13-14H,5-7H2. The second kappa shape index (κ2) is 4.75.